The van der Waals surface area contributed by atoms with Gasteiger partial charge in [-0.05, 0) is 27.3 Å². The molecule has 0 amide bonds. The molecule has 1 aromatic heterocycles. The molecule has 1 heterocycles. The molecular formula is C16H20N4O3. The maximum atomic E-state index is 11.5. The number of benzene rings is 1. The van der Waals surface area contributed by atoms with E-state index in [1.54, 1.807) is 25.1 Å². The quantitative estimate of drug-likeness (QED) is 0.651. The van der Waals surface area contributed by atoms with Gasteiger partial charge in [0.1, 0.15) is 5.82 Å². The summed E-state index contributed by atoms with van der Waals surface area (Å²) in [5.74, 6) is 0.597. The fraction of sp³-hybridized carbons (Fsp3) is 0.375. The molecule has 7 nitrogen and oxygen atoms in total. The van der Waals surface area contributed by atoms with E-state index in [2.05, 4.69) is 9.97 Å². The minimum Gasteiger partial charge on any atom is -0.309 e. The summed E-state index contributed by atoms with van der Waals surface area (Å²) in [6.45, 7) is 4.33. The van der Waals surface area contributed by atoms with E-state index in [9.17, 15) is 14.9 Å². The molecule has 23 heavy (non-hydrogen) atoms. The number of para-hydroxylation sites is 1. The Hall–Kier alpha value is -2.54. The Morgan fingerprint density at radius 1 is 1.39 bits per heavy atom. The summed E-state index contributed by atoms with van der Waals surface area (Å²) in [5, 5.41) is 11.0. The summed E-state index contributed by atoms with van der Waals surface area (Å²) in [7, 11) is 1.90. The van der Waals surface area contributed by atoms with Crippen LogP contribution in [0, 0.1) is 17.0 Å². The number of aromatic amines is 1. The second-order valence-electron chi connectivity index (χ2n) is 5.56. The van der Waals surface area contributed by atoms with Gasteiger partial charge in [-0.1, -0.05) is 18.2 Å². The molecule has 1 aromatic carbocycles. The molecule has 1 atom stereocenters. The van der Waals surface area contributed by atoms with Crippen LogP contribution in [0.5, 0.6) is 0 Å². The van der Waals surface area contributed by atoms with Crippen LogP contribution in [0.1, 0.15) is 30.0 Å². The SMILES string of the molecule is Cc1cc(=O)[nH]c([C@@H](C)N(C)CCc2ccccc2[N+](=O)[O-])n1. The third-order valence-corrected chi connectivity index (χ3v) is 3.87. The molecule has 0 spiro atoms. The molecule has 0 saturated carbocycles. The van der Waals surface area contributed by atoms with Crippen LogP contribution in [0.4, 0.5) is 5.69 Å². The Labute approximate surface area is 134 Å². The second-order valence-corrected chi connectivity index (χ2v) is 5.56. The van der Waals surface area contributed by atoms with Crippen molar-refractivity contribution < 1.29 is 4.92 Å². The van der Waals surface area contributed by atoms with Gasteiger partial charge in [-0.3, -0.25) is 19.8 Å². The predicted molar refractivity (Wildman–Crippen MR) is 87.4 cm³/mol. The highest BCUT2D eigenvalue weighted by Crippen LogP contribution is 2.20. The number of nitrogens with zero attached hydrogens (tertiary/aromatic N) is 3. The van der Waals surface area contributed by atoms with Crippen LogP contribution in [0.15, 0.2) is 35.1 Å². The summed E-state index contributed by atoms with van der Waals surface area (Å²) in [4.78, 5) is 31.3. The standard InChI is InChI=1S/C16H20N4O3/c1-11-10-15(21)18-16(17-11)12(2)19(3)9-8-13-6-4-5-7-14(13)20(22)23/h4-7,10,12H,8-9H2,1-3H3,(H,17,18,21)/t12-/m1/s1. The molecule has 122 valence electrons. The number of nitrogens with one attached hydrogen (secondary N) is 1. The number of likely N-dealkylation sites (N-methyl/N-ethyl adjacent to an activating group) is 1. The summed E-state index contributed by atoms with van der Waals surface area (Å²) >= 11 is 0. The zero-order chi connectivity index (χ0) is 17.0. The van der Waals surface area contributed by atoms with E-state index in [4.69, 9.17) is 0 Å². The lowest BCUT2D eigenvalue weighted by Gasteiger charge is -2.23. The number of nitro benzene ring substituents is 1. The number of aromatic nitrogens is 2. The molecule has 2 rings (SSSR count). The van der Waals surface area contributed by atoms with Crippen molar-refractivity contribution in [3.63, 3.8) is 0 Å². The third kappa shape index (κ3) is 4.23. The number of hydrogen-bond donors (Lipinski definition) is 1. The largest absolute Gasteiger partial charge is 0.309 e. The van der Waals surface area contributed by atoms with Gasteiger partial charge in [0.05, 0.1) is 11.0 Å². The van der Waals surface area contributed by atoms with Gasteiger partial charge in [0.15, 0.2) is 0 Å². The van der Waals surface area contributed by atoms with Gasteiger partial charge in [0.2, 0.25) is 0 Å². The Morgan fingerprint density at radius 2 is 2.09 bits per heavy atom. The molecule has 0 aliphatic rings. The van der Waals surface area contributed by atoms with Crippen molar-refractivity contribution in [2.75, 3.05) is 13.6 Å². The molecule has 0 saturated heterocycles. The van der Waals surface area contributed by atoms with Crippen molar-refractivity contribution in [3.8, 4) is 0 Å². The Bertz CT molecular complexity index is 757. The maximum Gasteiger partial charge on any atom is 0.272 e. The van der Waals surface area contributed by atoms with E-state index in [1.165, 1.54) is 12.1 Å². The van der Waals surface area contributed by atoms with Crippen LogP contribution in [-0.2, 0) is 6.42 Å². The molecule has 0 aliphatic heterocycles. The van der Waals surface area contributed by atoms with E-state index in [0.717, 1.165) is 0 Å². The van der Waals surface area contributed by atoms with Crippen LogP contribution in [0.25, 0.3) is 0 Å². The predicted octanol–water partition coefficient (Wildman–Crippen LogP) is 2.22. The highest BCUT2D eigenvalue weighted by Gasteiger charge is 2.17. The number of nitro groups is 1. The highest BCUT2D eigenvalue weighted by molar-refractivity contribution is 5.39. The summed E-state index contributed by atoms with van der Waals surface area (Å²) in [5.41, 5.74) is 1.33. The fourth-order valence-electron chi connectivity index (χ4n) is 2.40. The molecule has 0 unspecified atom stereocenters. The zero-order valence-corrected chi connectivity index (χ0v) is 13.4. The van der Waals surface area contributed by atoms with E-state index in [1.807, 2.05) is 18.9 Å². The third-order valence-electron chi connectivity index (χ3n) is 3.87. The first-order chi connectivity index (χ1) is 10.9. The molecule has 7 heteroatoms. The Balaban J connectivity index is 2.09. The number of hydrogen-bond acceptors (Lipinski definition) is 5. The number of aryl methyl sites for hydroxylation is 1. The zero-order valence-electron chi connectivity index (χ0n) is 13.4. The van der Waals surface area contributed by atoms with Crippen LogP contribution < -0.4 is 5.56 Å². The van der Waals surface area contributed by atoms with Crippen molar-refractivity contribution >= 4 is 5.69 Å². The van der Waals surface area contributed by atoms with Gasteiger partial charge >= 0.3 is 0 Å². The first-order valence-electron chi connectivity index (χ1n) is 7.39. The molecule has 0 radical (unpaired) electrons. The van der Waals surface area contributed by atoms with Crippen molar-refractivity contribution in [1.82, 2.24) is 14.9 Å². The van der Waals surface area contributed by atoms with Gasteiger partial charge in [-0.25, -0.2) is 4.98 Å². The van der Waals surface area contributed by atoms with Gasteiger partial charge in [-0.2, -0.15) is 0 Å². The van der Waals surface area contributed by atoms with Crippen molar-refractivity contribution in [2.24, 2.45) is 0 Å². The molecule has 0 bridgehead atoms. The van der Waals surface area contributed by atoms with E-state index < -0.39 is 0 Å². The van der Waals surface area contributed by atoms with E-state index in [-0.39, 0.29) is 22.2 Å². The minimum absolute atomic E-state index is 0.0923. The Kier molecular flexibility index (Phi) is 5.23. The van der Waals surface area contributed by atoms with Gasteiger partial charge in [0, 0.05) is 29.9 Å². The Morgan fingerprint density at radius 3 is 2.74 bits per heavy atom. The average molecular weight is 316 g/mol. The van der Waals surface area contributed by atoms with Gasteiger partial charge in [0.25, 0.3) is 11.2 Å². The summed E-state index contributed by atoms with van der Waals surface area (Å²) in [6, 6.07) is 8.09. The normalized spacial score (nSPS) is 12.3. The van der Waals surface area contributed by atoms with Crippen molar-refractivity contribution in [2.45, 2.75) is 26.3 Å². The molecule has 0 aliphatic carbocycles. The lowest BCUT2D eigenvalue weighted by Crippen LogP contribution is -2.28. The van der Waals surface area contributed by atoms with Gasteiger partial charge in [-0.15, -0.1) is 0 Å². The lowest BCUT2D eigenvalue weighted by molar-refractivity contribution is -0.385. The van der Waals surface area contributed by atoms with E-state index >= 15 is 0 Å². The van der Waals surface area contributed by atoms with Crippen LogP contribution >= 0.6 is 0 Å². The topological polar surface area (TPSA) is 92.1 Å². The molecular weight excluding hydrogens is 296 g/mol. The minimum atomic E-state index is -0.363. The molecule has 0 fully saturated rings. The molecule has 2 aromatic rings. The van der Waals surface area contributed by atoms with E-state index in [0.29, 0.717) is 30.0 Å². The smallest absolute Gasteiger partial charge is 0.272 e. The monoisotopic (exact) mass is 316 g/mol. The highest BCUT2D eigenvalue weighted by atomic mass is 16.6. The van der Waals surface area contributed by atoms with Crippen LogP contribution in [0.3, 0.4) is 0 Å². The lowest BCUT2D eigenvalue weighted by atomic mass is 10.1. The fourth-order valence-corrected chi connectivity index (χ4v) is 2.40. The van der Waals surface area contributed by atoms with Gasteiger partial charge < -0.3 is 4.98 Å². The summed E-state index contributed by atoms with van der Waals surface area (Å²) in [6.07, 6.45) is 0.550. The number of H-pyrrole nitrogens is 1. The maximum absolute atomic E-state index is 11.5. The first kappa shape index (κ1) is 16.8. The molecule has 1 N–H and O–H groups in total. The summed E-state index contributed by atoms with van der Waals surface area (Å²) < 4.78 is 0. The van der Waals surface area contributed by atoms with Crippen molar-refractivity contribution in [3.05, 3.63) is 67.9 Å². The first-order valence-corrected chi connectivity index (χ1v) is 7.39. The average Bonchev–Trinajstić information content (AvgIpc) is 2.51. The van der Waals surface area contributed by atoms with Crippen LogP contribution in [-0.4, -0.2) is 33.4 Å². The second kappa shape index (κ2) is 7.15. The van der Waals surface area contributed by atoms with Crippen LogP contribution in [0.2, 0.25) is 0 Å². The number of rotatable bonds is 6. The van der Waals surface area contributed by atoms with Crippen molar-refractivity contribution in [1.29, 1.82) is 0 Å².